The molecular formula is C8H11NO3S. The topological polar surface area (TPSA) is 66.4 Å². The minimum Gasteiger partial charge on any atom is -0.269 e. The van der Waals surface area contributed by atoms with E-state index in [0.29, 0.717) is 5.69 Å². The van der Waals surface area contributed by atoms with E-state index in [9.17, 15) is 8.42 Å². The highest BCUT2D eigenvalue weighted by Crippen LogP contribution is 2.16. The van der Waals surface area contributed by atoms with E-state index in [-0.39, 0.29) is 0 Å². The third-order valence-corrected chi connectivity index (χ3v) is 2.11. The summed E-state index contributed by atoms with van der Waals surface area (Å²) in [5.41, 5.74) is 2.10. The molecule has 2 N–H and O–H groups in total. The Morgan fingerprint density at radius 3 is 2.46 bits per heavy atom. The summed E-state index contributed by atoms with van der Waals surface area (Å²) in [4.78, 5) is 0. The van der Waals surface area contributed by atoms with Crippen LogP contribution in [0.25, 0.3) is 0 Å². The maximum Gasteiger partial charge on any atom is 0.357 e. The first-order chi connectivity index (χ1) is 5.88. The molecule has 13 heavy (non-hydrogen) atoms. The Kier molecular flexibility index (Phi) is 2.58. The van der Waals surface area contributed by atoms with Gasteiger partial charge < -0.3 is 0 Å². The van der Waals surface area contributed by atoms with Gasteiger partial charge in [0.15, 0.2) is 0 Å². The van der Waals surface area contributed by atoms with Gasteiger partial charge in [0.05, 0.1) is 5.69 Å². The van der Waals surface area contributed by atoms with Crippen molar-refractivity contribution < 1.29 is 13.0 Å². The van der Waals surface area contributed by atoms with Crippen LogP contribution in [0.2, 0.25) is 0 Å². The molecule has 0 atom stereocenters. The Bertz CT molecular complexity index is 411. The van der Waals surface area contributed by atoms with E-state index < -0.39 is 10.3 Å². The van der Waals surface area contributed by atoms with Crippen LogP contribution in [0.4, 0.5) is 5.69 Å². The van der Waals surface area contributed by atoms with Gasteiger partial charge in [-0.25, -0.2) is 0 Å². The van der Waals surface area contributed by atoms with E-state index in [1.807, 2.05) is 17.7 Å². The van der Waals surface area contributed by atoms with Gasteiger partial charge in [0.25, 0.3) is 0 Å². The van der Waals surface area contributed by atoms with Crippen molar-refractivity contribution in [1.82, 2.24) is 0 Å². The summed E-state index contributed by atoms with van der Waals surface area (Å²) in [5.74, 6) is 0. The zero-order valence-electron chi connectivity index (χ0n) is 7.40. The van der Waals surface area contributed by atoms with Gasteiger partial charge in [-0.3, -0.25) is 9.27 Å². The second-order valence-electron chi connectivity index (χ2n) is 2.90. The molecular weight excluding hydrogens is 190 g/mol. The summed E-state index contributed by atoms with van der Waals surface area (Å²) >= 11 is 0. The first-order valence-electron chi connectivity index (χ1n) is 3.71. The van der Waals surface area contributed by atoms with Gasteiger partial charge in [-0.2, -0.15) is 8.42 Å². The van der Waals surface area contributed by atoms with Crippen LogP contribution in [-0.4, -0.2) is 13.0 Å². The quantitative estimate of drug-likeness (QED) is 0.713. The Hall–Kier alpha value is -1.07. The first kappa shape index (κ1) is 10.0. The van der Waals surface area contributed by atoms with Crippen LogP contribution >= 0.6 is 0 Å². The Labute approximate surface area is 77.5 Å². The summed E-state index contributed by atoms with van der Waals surface area (Å²) in [6, 6.07) is 5.30. The average Bonchev–Trinajstić information content (AvgIpc) is 1.94. The van der Waals surface area contributed by atoms with E-state index in [2.05, 4.69) is 0 Å². The Balaban J connectivity index is 3.08. The maximum atomic E-state index is 10.5. The van der Waals surface area contributed by atoms with Crippen molar-refractivity contribution in [3.63, 3.8) is 0 Å². The van der Waals surface area contributed by atoms with Crippen molar-refractivity contribution >= 4 is 16.0 Å². The molecule has 0 bridgehead atoms. The van der Waals surface area contributed by atoms with Crippen molar-refractivity contribution in [2.24, 2.45) is 0 Å². The lowest BCUT2D eigenvalue weighted by Gasteiger charge is -2.06. The molecule has 0 radical (unpaired) electrons. The van der Waals surface area contributed by atoms with Crippen LogP contribution in [0.15, 0.2) is 18.2 Å². The molecule has 5 heteroatoms. The minimum absolute atomic E-state index is 0.405. The van der Waals surface area contributed by atoms with Gasteiger partial charge in [-0.05, 0) is 31.0 Å². The molecule has 1 aromatic carbocycles. The number of nitrogens with one attached hydrogen (secondary N) is 1. The standard InChI is InChI=1S/C8H11NO3S/c1-6-3-4-7(2)8(5-6)9-13(10,11)12/h3-5,9H,1-2H3,(H,10,11,12). The fourth-order valence-corrected chi connectivity index (χ4v) is 1.48. The van der Waals surface area contributed by atoms with E-state index in [1.54, 1.807) is 19.1 Å². The van der Waals surface area contributed by atoms with Gasteiger partial charge >= 0.3 is 10.3 Å². The summed E-state index contributed by atoms with van der Waals surface area (Å²) in [6.45, 7) is 3.60. The van der Waals surface area contributed by atoms with Crippen LogP contribution in [-0.2, 0) is 10.3 Å². The molecule has 0 aliphatic carbocycles. The molecule has 72 valence electrons. The predicted molar refractivity (Wildman–Crippen MR) is 51.1 cm³/mol. The molecule has 0 aliphatic heterocycles. The van der Waals surface area contributed by atoms with Gasteiger partial charge in [-0.1, -0.05) is 12.1 Å². The van der Waals surface area contributed by atoms with Gasteiger partial charge in [0.2, 0.25) is 0 Å². The molecule has 0 aliphatic rings. The minimum atomic E-state index is -4.17. The van der Waals surface area contributed by atoms with Crippen molar-refractivity contribution in [3.05, 3.63) is 29.3 Å². The van der Waals surface area contributed by atoms with Crippen molar-refractivity contribution in [3.8, 4) is 0 Å². The molecule has 1 rings (SSSR count). The second kappa shape index (κ2) is 3.35. The highest BCUT2D eigenvalue weighted by Gasteiger charge is 2.05. The van der Waals surface area contributed by atoms with Crippen molar-refractivity contribution in [2.75, 3.05) is 4.72 Å². The zero-order chi connectivity index (χ0) is 10.1. The normalized spacial score (nSPS) is 11.3. The smallest absolute Gasteiger partial charge is 0.269 e. The van der Waals surface area contributed by atoms with Crippen LogP contribution in [0, 0.1) is 13.8 Å². The lowest BCUT2D eigenvalue weighted by Crippen LogP contribution is -2.11. The highest BCUT2D eigenvalue weighted by atomic mass is 32.2. The van der Waals surface area contributed by atoms with Crippen molar-refractivity contribution in [2.45, 2.75) is 13.8 Å². The lowest BCUT2D eigenvalue weighted by molar-refractivity contribution is 0.489. The van der Waals surface area contributed by atoms with Gasteiger partial charge in [0, 0.05) is 0 Å². The Morgan fingerprint density at radius 2 is 1.92 bits per heavy atom. The average molecular weight is 201 g/mol. The first-order valence-corrected chi connectivity index (χ1v) is 5.15. The highest BCUT2D eigenvalue weighted by molar-refractivity contribution is 7.87. The SMILES string of the molecule is Cc1ccc(C)c(NS(=O)(=O)O)c1. The fourth-order valence-electron chi connectivity index (χ4n) is 0.985. The Morgan fingerprint density at radius 1 is 1.31 bits per heavy atom. The molecule has 0 saturated heterocycles. The summed E-state index contributed by atoms with van der Waals surface area (Å²) in [5, 5.41) is 0. The molecule has 0 aromatic heterocycles. The molecule has 0 unspecified atom stereocenters. The lowest BCUT2D eigenvalue weighted by atomic mass is 10.1. The van der Waals surface area contributed by atoms with Crippen LogP contribution in [0.5, 0.6) is 0 Å². The number of aryl methyl sites for hydroxylation is 2. The summed E-state index contributed by atoms with van der Waals surface area (Å²) < 4.78 is 31.6. The zero-order valence-corrected chi connectivity index (χ0v) is 8.22. The molecule has 0 heterocycles. The van der Waals surface area contributed by atoms with Crippen molar-refractivity contribution in [1.29, 1.82) is 0 Å². The maximum absolute atomic E-state index is 10.5. The van der Waals surface area contributed by atoms with E-state index in [0.717, 1.165) is 11.1 Å². The van der Waals surface area contributed by atoms with Gasteiger partial charge in [-0.15, -0.1) is 0 Å². The molecule has 0 saturated carbocycles. The monoisotopic (exact) mass is 201 g/mol. The third kappa shape index (κ3) is 3.04. The van der Waals surface area contributed by atoms with E-state index in [1.165, 1.54) is 0 Å². The number of anilines is 1. The number of hydrogen-bond donors (Lipinski definition) is 2. The molecule has 0 spiro atoms. The molecule has 0 amide bonds. The summed E-state index contributed by atoms with van der Waals surface area (Å²) in [7, 11) is -4.17. The van der Waals surface area contributed by atoms with E-state index >= 15 is 0 Å². The molecule has 1 aromatic rings. The summed E-state index contributed by atoms with van der Waals surface area (Å²) in [6.07, 6.45) is 0. The molecule has 0 fully saturated rings. The largest absolute Gasteiger partial charge is 0.357 e. The number of rotatable bonds is 2. The van der Waals surface area contributed by atoms with Gasteiger partial charge in [0.1, 0.15) is 0 Å². The second-order valence-corrected chi connectivity index (χ2v) is 4.05. The molecule has 4 nitrogen and oxygen atoms in total. The van der Waals surface area contributed by atoms with Crippen LogP contribution in [0.3, 0.4) is 0 Å². The third-order valence-electron chi connectivity index (χ3n) is 1.63. The van der Waals surface area contributed by atoms with E-state index in [4.69, 9.17) is 4.55 Å². The van der Waals surface area contributed by atoms with Crippen LogP contribution < -0.4 is 4.72 Å². The number of benzene rings is 1. The number of hydrogen-bond acceptors (Lipinski definition) is 2. The van der Waals surface area contributed by atoms with Crippen LogP contribution in [0.1, 0.15) is 11.1 Å². The fraction of sp³-hybridized carbons (Fsp3) is 0.250. The predicted octanol–water partition coefficient (Wildman–Crippen LogP) is 1.52.